The smallest absolute Gasteiger partial charge is 0.346 e. The summed E-state index contributed by atoms with van der Waals surface area (Å²) in [6, 6.07) is 22.3. The molecule has 30 heavy (non-hydrogen) atoms. The van der Waals surface area contributed by atoms with Crippen molar-refractivity contribution in [2.45, 2.75) is 0 Å². The summed E-state index contributed by atoms with van der Waals surface area (Å²) in [4.78, 5) is 30.8. The van der Waals surface area contributed by atoms with Crippen molar-refractivity contribution < 1.29 is 9.53 Å². The number of nitrogens with one attached hydrogen (secondary N) is 2. The van der Waals surface area contributed by atoms with E-state index in [4.69, 9.17) is 4.74 Å². The molecule has 3 aromatic carbocycles. The van der Waals surface area contributed by atoms with Crippen molar-refractivity contribution in [3.63, 3.8) is 0 Å². The monoisotopic (exact) mass is 398 g/mol. The van der Waals surface area contributed by atoms with Crippen LogP contribution in [-0.2, 0) is 0 Å². The van der Waals surface area contributed by atoms with E-state index in [-0.39, 0.29) is 5.69 Å². The van der Waals surface area contributed by atoms with Crippen molar-refractivity contribution >= 4 is 22.9 Å². The lowest BCUT2D eigenvalue weighted by Gasteiger charge is -2.08. The number of H-pyrrole nitrogens is 1. The first-order valence-corrected chi connectivity index (χ1v) is 9.21. The molecule has 1 amide bonds. The van der Waals surface area contributed by atoms with Gasteiger partial charge in [0.15, 0.2) is 0 Å². The van der Waals surface area contributed by atoms with E-state index in [2.05, 4.69) is 20.5 Å². The third-order valence-corrected chi connectivity index (χ3v) is 4.57. The maximum Gasteiger partial charge on any atom is 0.346 e. The number of carbonyl (C=O) groups excluding carboxylic acids is 1. The summed E-state index contributed by atoms with van der Waals surface area (Å²) in [6.07, 6.45) is 1.52. The van der Waals surface area contributed by atoms with Crippen LogP contribution in [0, 0.1) is 0 Å². The zero-order valence-corrected chi connectivity index (χ0v) is 16.1. The molecule has 1 aromatic heterocycles. The highest BCUT2D eigenvalue weighted by molar-refractivity contribution is 6.03. The van der Waals surface area contributed by atoms with Crippen molar-refractivity contribution in [1.82, 2.24) is 15.4 Å². The van der Waals surface area contributed by atoms with Crippen LogP contribution in [0.5, 0.6) is 5.75 Å². The van der Waals surface area contributed by atoms with E-state index in [0.29, 0.717) is 11.4 Å². The Morgan fingerprint density at radius 2 is 1.83 bits per heavy atom. The second-order valence-electron chi connectivity index (χ2n) is 6.45. The second-order valence-corrected chi connectivity index (χ2v) is 6.45. The van der Waals surface area contributed by atoms with E-state index in [1.54, 1.807) is 7.11 Å². The number of benzene rings is 3. The lowest BCUT2D eigenvalue weighted by atomic mass is 10.0. The zero-order valence-electron chi connectivity index (χ0n) is 16.1. The Balaban J connectivity index is 1.60. The van der Waals surface area contributed by atoms with Gasteiger partial charge >= 0.3 is 5.69 Å². The van der Waals surface area contributed by atoms with Crippen molar-refractivity contribution in [3.8, 4) is 17.0 Å². The number of nitrogens with zero attached hydrogens (tertiary/aromatic N) is 2. The van der Waals surface area contributed by atoms with Crippen LogP contribution in [0.15, 0.2) is 82.7 Å². The first-order valence-electron chi connectivity index (χ1n) is 9.21. The van der Waals surface area contributed by atoms with E-state index in [1.165, 1.54) is 12.3 Å². The summed E-state index contributed by atoms with van der Waals surface area (Å²) in [6.45, 7) is 0. The Hall–Kier alpha value is -4.26. The Morgan fingerprint density at radius 1 is 1.07 bits per heavy atom. The Kier molecular flexibility index (Phi) is 5.34. The molecule has 4 aromatic rings. The number of hydrogen-bond donors (Lipinski definition) is 2. The van der Waals surface area contributed by atoms with E-state index in [1.807, 2.05) is 66.7 Å². The predicted molar refractivity (Wildman–Crippen MR) is 116 cm³/mol. The molecule has 2 N–H and O–H groups in total. The van der Waals surface area contributed by atoms with Gasteiger partial charge < -0.3 is 9.72 Å². The molecule has 0 aliphatic carbocycles. The number of aromatic amines is 1. The average molecular weight is 398 g/mol. The fraction of sp³-hybridized carbons (Fsp3) is 0.0435. The van der Waals surface area contributed by atoms with Crippen LogP contribution in [0.2, 0.25) is 0 Å². The van der Waals surface area contributed by atoms with Gasteiger partial charge in [0, 0.05) is 11.1 Å². The minimum absolute atomic E-state index is 0.0656. The summed E-state index contributed by atoms with van der Waals surface area (Å²) >= 11 is 0. The molecule has 0 unspecified atom stereocenters. The van der Waals surface area contributed by atoms with Gasteiger partial charge in [0.25, 0.3) is 5.91 Å². The standard InChI is InChI=1S/C23H18N4O3/c1-30-21-12-11-15-7-5-6-10-17(15)18(21)14-24-27-22(28)20-13-19(25-23(29)26-20)16-8-3-2-4-9-16/h2-14H,1H3,(H,27,28)(H,25,26,29)/b24-14+. The Labute approximate surface area is 172 Å². The highest BCUT2D eigenvalue weighted by atomic mass is 16.5. The zero-order chi connectivity index (χ0) is 20.9. The summed E-state index contributed by atoms with van der Waals surface area (Å²) in [5.74, 6) is 0.0810. The average Bonchev–Trinajstić information content (AvgIpc) is 2.79. The van der Waals surface area contributed by atoms with Crippen molar-refractivity contribution in [3.05, 3.63) is 94.5 Å². The first kappa shape index (κ1) is 19.1. The van der Waals surface area contributed by atoms with Crippen LogP contribution in [0.25, 0.3) is 22.0 Å². The number of ether oxygens (including phenoxy) is 1. The molecule has 0 aliphatic heterocycles. The van der Waals surface area contributed by atoms with Crippen LogP contribution in [0.4, 0.5) is 0 Å². The third kappa shape index (κ3) is 3.95. The van der Waals surface area contributed by atoms with Gasteiger partial charge in [-0.2, -0.15) is 10.1 Å². The number of rotatable bonds is 5. The number of hydrazone groups is 1. The van der Waals surface area contributed by atoms with Crippen LogP contribution in [-0.4, -0.2) is 29.2 Å². The fourth-order valence-corrected chi connectivity index (χ4v) is 3.14. The molecular weight excluding hydrogens is 380 g/mol. The SMILES string of the molecule is COc1ccc2ccccc2c1/C=N/NC(=O)c1cc(-c2ccccc2)nc(=O)[nH]1. The molecular formula is C23H18N4O3. The molecule has 0 fully saturated rings. The molecule has 0 radical (unpaired) electrons. The fourth-order valence-electron chi connectivity index (χ4n) is 3.14. The molecule has 0 saturated heterocycles. The lowest BCUT2D eigenvalue weighted by Crippen LogP contribution is -2.24. The van der Waals surface area contributed by atoms with Gasteiger partial charge in [-0.3, -0.25) is 4.79 Å². The minimum Gasteiger partial charge on any atom is -0.496 e. The van der Waals surface area contributed by atoms with Gasteiger partial charge in [-0.25, -0.2) is 10.2 Å². The van der Waals surface area contributed by atoms with E-state index >= 15 is 0 Å². The number of fused-ring (bicyclic) bond motifs is 1. The lowest BCUT2D eigenvalue weighted by molar-refractivity contribution is 0.0949. The Morgan fingerprint density at radius 3 is 2.63 bits per heavy atom. The molecule has 0 saturated carbocycles. The molecule has 7 nitrogen and oxygen atoms in total. The number of hydrogen-bond acceptors (Lipinski definition) is 5. The summed E-state index contributed by atoms with van der Waals surface area (Å²) in [5, 5.41) is 6.03. The summed E-state index contributed by atoms with van der Waals surface area (Å²) in [5.41, 5.74) is 3.79. The molecule has 0 atom stereocenters. The van der Waals surface area contributed by atoms with Crippen molar-refractivity contribution in [2.75, 3.05) is 7.11 Å². The third-order valence-electron chi connectivity index (χ3n) is 4.57. The number of amides is 1. The van der Waals surface area contributed by atoms with Crippen molar-refractivity contribution in [2.24, 2.45) is 5.10 Å². The Bertz CT molecular complexity index is 1300. The number of methoxy groups -OCH3 is 1. The van der Waals surface area contributed by atoms with E-state index < -0.39 is 11.6 Å². The van der Waals surface area contributed by atoms with Crippen LogP contribution < -0.4 is 15.9 Å². The van der Waals surface area contributed by atoms with Gasteiger partial charge in [-0.05, 0) is 22.9 Å². The van der Waals surface area contributed by atoms with E-state index in [9.17, 15) is 9.59 Å². The van der Waals surface area contributed by atoms with Crippen LogP contribution in [0.1, 0.15) is 16.1 Å². The highest BCUT2D eigenvalue weighted by Gasteiger charge is 2.11. The molecule has 7 heteroatoms. The van der Waals surface area contributed by atoms with Crippen molar-refractivity contribution in [1.29, 1.82) is 0 Å². The van der Waals surface area contributed by atoms with Crippen LogP contribution >= 0.6 is 0 Å². The summed E-state index contributed by atoms with van der Waals surface area (Å²) < 4.78 is 5.42. The quantitative estimate of drug-likeness (QED) is 0.398. The summed E-state index contributed by atoms with van der Waals surface area (Å²) in [7, 11) is 1.58. The van der Waals surface area contributed by atoms with Gasteiger partial charge in [0.1, 0.15) is 11.4 Å². The topological polar surface area (TPSA) is 96.4 Å². The van der Waals surface area contributed by atoms with Gasteiger partial charge in [0.05, 0.1) is 19.0 Å². The molecule has 0 bridgehead atoms. The number of carbonyl (C=O) groups is 1. The number of aromatic nitrogens is 2. The molecule has 148 valence electrons. The largest absolute Gasteiger partial charge is 0.496 e. The maximum atomic E-state index is 12.5. The highest BCUT2D eigenvalue weighted by Crippen LogP contribution is 2.26. The first-order chi connectivity index (χ1) is 14.7. The maximum absolute atomic E-state index is 12.5. The molecule has 1 heterocycles. The van der Waals surface area contributed by atoms with Crippen LogP contribution in [0.3, 0.4) is 0 Å². The second kappa shape index (κ2) is 8.40. The van der Waals surface area contributed by atoms with Gasteiger partial charge in [-0.15, -0.1) is 0 Å². The minimum atomic E-state index is -0.610. The normalized spacial score (nSPS) is 11.0. The molecule has 4 rings (SSSR count). The van der Waals surface area contributed by atoms with E-state index in [0.717, 1.165) is 21.9 Å². The van der Waals surface area contributed by atoms with Gasteiger partial charge in [-0.1, -0.05) is 60.7 Å². The van der Waals surface area contributed by atoms with Gasteiger partial charge in [0.2, 0.25) is 0 Å². The molecule has 0 aliphatic rings. The molecule has 0 spiro atoms. The predicted octanol–water partition coefficient (Wildman–Crippen LogP) is 3.36.